The monoisotopic (exact) mass is 437 g/mol. The molecule has 1 aliphatic heterocycles. The minimum absolute atomic E-state index is 0. The molecule has 2 bridgehead atoms. The average Bonchev–Trinajstić information content (AvgIpc) is 2.64. The van der Waals surface area contributed by atoms with Crippen LogP contribution in [0.1, 0.15) is 30.9 Å². The van der Waals surface area contributed by atoms with E-state index in [1.54, 1.807) is 13.2 Å². The predicted molar refractivity (Wildman–Crippen MR) is 106 cm³/mol. The van der Waals surface area contributed by atoms with Crippen molar-refractivity contribution in [2.24, 2.45) is 5.92 Å². The zero-order valence-corrected chi connectivity index (χ0v) is 18.1. The van der Waals surface area contributed by atoms with Crippen molar-refractivity contribution in [3.63, 3.8) is 0 Å². The van der Waals surface area contributed by atoms with Crippen LogP contribution < -0.4 is 9.84 Å². The molecule has 0 N–H and O–H groups in total. The number of benzene rings is 1. The third kappa shape index (κ3) is 2.64. The van der Waals surface area contributed by atoms with Gasteiger partial charge in [-0.15, -0.1) is 17.0 Å². The van der Waals surface area contributed by atoms with Crippen molar-refractivity contribution < 1.29 is 23.9 Å². The lowest BCUT2D eigenvalue weighted by Gasteiger charge is -2.60. The second-order valence-corrected chi connectivity index (χ2v) is 8.19. The number of methoxy groups -OCH3 is 2. The maximum Gasteiger partial charge on any atom is 0.197 e. The largest absolute Gasteiger partial charge is 0.870 e. The highest BCUT2D eigenvalue weighted by Crippen LogP contribution is 2.58. The molecule has 3 aliphatic rings. The van der Waals surface area contributed by atoms with Gasteiger partial charge in [0.15, 0.2) is 11.5 Å². The van der Waals surface area contributed by atoms with E-state index >= 15 is 0 Å². The topological polar surface area (TPSA) is 58.6 Å². The molecule has 0 aromatic heterocycles. The Bertz CT molecular complexity index is 808. The zero-order chi connectivity index (χ0) is 18.7. The van der Waals surface area contributed by atoms with Crippen molar-refractivity contribution in [3.8, 4) is 11.5 Å². The fraction of sp³-hybridized carbons (Fsp3) is 0.571. The SMILES string of the molecule is Br.CC[N+]1(C)CC[C@@]23CC(=O)C(OC)=C[C@H]2[C@H]1Cc1ccc(OC)c([O-])c13. The smallest absolute Gasteiger partial charge is 0.197 e. The molecule has 1 unspecified atom stereocenters. The molecule has 27 heavy (non-hydrogen) atoms. The van der Waals surface area contributed by atoms with Gasteiger partial charge in [0.25, 0.3) is 0 Å². The first kappa shape index (κ1) is 20.2. The van der Waals surface area contributed by atoms with Crippen molar-refractivity contribution in [3.05, 3.63) is 35.1 Å². The number of halogens is 1. The standard InChI is InChI=1S/C21H27NO4.BrH/c1-5-22(2)9-8-21-12-16(23)18(26-4)11-14(21)15(22)10-13-6-7-17(25-3)20(24)19(13)21;/h6-7,11,14-15H,5,8-10,12H2,1-4H3;1H/t14-,15+,21+,22?;/m0./s1. The molecule has 1 aromatic carbocycles. The van der Waals surface area contributed by atoms with Gasteiger partial charge in [-0.2, -0.15) is 0 Å². The first-order valence-corrected chi connectivity index (χ1v) is 9.41. The van der Waals surface area contributed by atoms with Gasteiger partial charge in [-0.25, -0.2) is 0 Å². The minimum Gasteiger partial charge on any atom is -0.870 e. The van der Waals surface area contributed by atoms with Crippen LogP contribution in [0.5, 0.6) is 11.5 Å². The number of piperidine rings is 1. The Morgan fingerprint density at radius 1 is 1.30 bits per heavy atom. The summed E-state index contributed by atoms with van der Waals surface area (Å²) in [6.45, 7) is 4.25. The summed E-state index contributed by atoms with van der Waals surface area (Å²) < 4.78 is 11.7. The Labute approximate surface area is 171 Å². The van der Waals surface area contributed by atoms with E-state index in [-0.39, 0.29) is 34.4 Å². The molecule has 5 nitrogen and oxygen atoms in total. The number of nitrogens with zero attached hydrogens (tertiary/aromatic N) is 1. The number of ether oxygens (including phenoxy) is 2. The summed E-state index contributed by atoms with van der Waals surface area (Å²) in [5, 5.41) is 13.2. The molecular weight excluding hydrogens is 410 g/mol. The fourth-order valence-electron chi connectivity index (χ4n) is 5.66. The number of likely N-dealkylation sites (N-methyl/N-ethyl adjacent to an activating group) is 1. The zero-order valence-electron chi connectivity index (χ0n) is 16.4. The molecule has 0 radical (unpaired) electrons. The molecule has 4 atom stereocenters. The number of quaternary nitrogens is 1. The van der Waals surface area contributed by atoms with Crippen molar-refractivity contribution in [2.45, 2.75) is 37.6 Å². The summed E-state index contributed by atoms with van der Waals surface area (Å²) in [6, 6.07) is 4.17. The van der Waals surface area contributed by atoms with Crippen molar-refractivity contribution in [1.29, 1.82) is 0 Å². The number of fused-ring (bicyclic) bond motifs is 1. The Balaban J connectivity index is 0.00000210. The molecule has 148 valence electrons. The van der Waals surface area contributed by atoms with E-state index in [0.717, 1.165) is 41.5 Å². The van der Waals surface area contributed by atoms with Gasteiger partial charge in [0.05, 0.1) is 34.4 Å². The summed E-state index contributed by atoms with van der Waals surface area (Å²) in [5.41, 5.74) is 1.49. The Morgan fingerprint density at radius 2 is 2.04 bits per heavy atom. The molecule has 2 aliphatic carbocycles. The van der Waals surface area contributed by atoms with Gasteiger partial charge in [-0.3, -0.25) is 4.79 Å². The molecule has 0 spiro atoms. The van der Waals surface area contributed by atoms with Crippen molar-refractivity contribution in [2.75, 3.05) is 34.4 Å². The van der Waals surface area contributed by atoms with Gasteiger partial charge in [-0.05, 0) is 30.2 Å². The third-order valence-corrected chi connectivity index (χ3v) is 7.30. The molecule has 1 aromatic rings. The van der Waals surface area contributed by atoms with Gasteiger partial charge >= 0.3 is 0 Å². The average molecular weight is 438 g/mol. The molecule has 1 fully saturated rings. The Morgan fingerprint density at radius 3 is 2.67 bits per heavy atom. The van der Waals surface area contributed by atoms with Gasteiger partial charge < -0.3 is 19.1 Å². The van der Waals surface area contributed by atoms with Gasteiger partial charge in [0.1, 0.15) is 11.8 Å². The number of carbonyl (C=O) groups excluding carboxylic acids is 1. The number of allylic oxidation sites excluding steroid dienone is 1. The van der Waals surface area contributed by atoms with Crippen LogP contribution in [0.15, 0.2) is 24.0 Å². The van der Waals surface area contributed by atoms with Crippen molar-refractivity contribution in [1.82, 2.24) is 0 Å². The third-order valence-electron chi connectivity index (χ3n) is 7.30. The van der Waals surface area contributed by atoms with E-state index in [0.29, 0.717) is 24.0 Å². The Hall–Kier alpha value is -1.53. The van der Waals surface area contributed by atoms with Crippen LogP contribution >= 0.6 is 17.0 Å². The molecule has 4 rings (SSSR count). The summed E-state index contributed by atoms with van der Waals surface area (Å²) in [4.78, 5) is 12.7. The van der Waals surface area contributed by atoms with E-state index in [4.69, 9.17) is 9.47 Å². The van der Waals surface area contributed by atoms with Crippen LogP contribution in [-0.2, 0) is 21.4 Å². The lowest BCUT2D eigenvalue weighted by Crippen LogP contribution is -2.68. The number of hydrogen-bond donors (Lipinski definition) is 0. The second kappa shape index (κ2) is 6.82. The summed E-state index contributed by atoms with van der Waals surface area (Å²) in [6.07, 6.45) is 4.07. The minimum atomic E-state index is -0.421. The molecule has 0 amide bonds. The van der Waals surface area contributed by atoms with E-state index < -0.39 is 5.41 Å². The lowest BCUT2D eigenvalue weighted by atomic mass is 9.53. The van der Waals surface area contributed by atoms with E-state index in [2.05, 4.69) is 14.0 Å². The number of ketones is 1. The number of hydrogen-bond acceptors (Lipinski definition) is 4. The van der Waals surface area contributed by atoms with Crippen LogP contribution in [0.2, 0.25) is 0 Å². The van der Waals surface area contributed by atoms with Gasteiger partial charge in [-0.1, -0.05) is 11.8 Å². The highest BCUT2D eigenvalue weighted by molar-refractivity contribution is 8.93. The first-order valence-electron chi connectivity index (χ1n) is 9.41. The van der Waals surface area contributed by atoms with E-state index in [1.165, 1.54) is 7.11 Å². The summed E-state index contributed by atoms with van der Waals surface area (Å²) >= 11 is 0. The second-order valence-electron chi connectivity index (χ2n) is 8.19. The first-order chi connectivity index (χ1) is 12.4. The summed E-state index contributed by atoms with van der Waals surface area (Å²) in [5.74, 6) is 0.941. The van der Waals surface area contributed by atoms with Crippen LogP contribution in [-0.4, -0.2) is 50.7 Å². The normalized spacial score (nSPS) is 33.9. The fourth-order valence-corrected chi connectivity index (χ4v) is 5.66. The van der Waals surface area contributed by atoms with E-state index in [1.807, 2.05) is 12.1 Å². The van der Waals surface area contributed by atoms with Crippen LogP contribution in [0.25, 0.3) is 0 Å². The van der Waals surface area contributed by atoms with Crippen LogP contribution in [0.4, 0.5) is 0 Å². The van der Waals surface area contributed by atoms with Crippen LogP contribution in [0, 0.1) is 5.92 Å². The van der Waals surface area contributed by atoms with Gasteiger partial charge in [0, 0.05) is 30.6 Å². The highest BCUT2D eigenvalue weighted by atomic mass is 79.9. The van der Waals surface area contributed by atoms with Crippen molar-refractivity contribution >= 4 is 22.8 Å². The highest BCUT2D eigenvalue weighted by Gasteiger charge is 2.60. The lowest BCUT2D eigenvalue weighted by molar-refractivity contribution is -0.942. The molecular formula is C21H28BrNO4. The predicted octanol–water partition coefficient (Wildman–Crippen LogP) is 2.50. The number of carbonyl (C=O) groups is 1. The molecule has 1 heterocycles. The Kier molecular flexibility index (Phi) is 5.10. The van der Waals surface area contributed by atoms with Gasteiger partial charge in [0.2, 0.25) is 0 Å². The maximum absolute atomic E-state index is 13.2. The number of rotatable bonds is 3. The number of Topliss-reactive ketones (excluding diaryl/α,β-unsaturated/α-hetero) is 1. The summed E-state index contributed by atoms with van der Waals surface area (Å²) in [7, 11) is 5.40. The molecule has 6 heteroatoms. The molecule has 1 saturated heterocycles. The van der Waals surface area contributed by atoms with E-state index in [9.17, 15) is 9.90 Å². The van der Waals surface area contributed by atoms with Crippen LogP contribution in [0.3, 0.4) is 0 Å². The maximum atomic E-state index is 13.2. The quantitative estimate of drug-likeness (QED) is 0.681. The number of likely N-dealkylation sites (tertiary alicyclic amines) is 1. The molecule has 0 saturated carbocycles.